The van der Waals surface area contributed by atoms with Crippen LogP contribution in [0.3, 0.4) is 0 Å². The topological polar surface area (TPSA) is 53.6 Å². The smallest absolute Gasteiger partial charge is 0.407 e. The van der Waals surface area contributed by atoms with E-state index in [-0.39, 0.29) is 12.1 Å². The first-order valence-corrected chi connectivity index (χ1v) is 7.06. The molecule has 5 nitrogen and oxygen atoms in total. The van der Waals surface area contributed by atoms with Gasteiger partial charge in [-0.05, 0) is 54.6 Å². The summed E-state index contributed by atoms with van der Waals surface area (Å²) in [6.07, 6.45) is 1.66. The highest BCUT2D eigenvalue weighted by Gasteiger charge is 2.32. The number of hydrogen-bond acceptors (Lipinski definition) is 4. The molecule has 1 aliphatic rings. The van der Waals surface area contributed by atoms with Crippen molar-refractivity contribution in [2.45, 2.75) is 64.3 Å². The highest BCUT2D eigenvalue weighted by Crippen LogP contribution is 2.21. The fourth-order valence-electron chi connectivity index (χ4n) is 2.35. The van der Waals surface area contributed by atoms with E-state index in [1.807, 2.05) is 20.8 Å². The van der Waals surface area contributed by atoms with Crippen LogP contribution in [0.4, 0.5) is 4.79 Å². The molecule has 0 bridgehead atoms. The lowest BCUT2D eigenvalue weighted by atomic mass is 9.86. The Morgan fingerprint density at radius 1 is 1.32 bits per heavy atom. The number of amides is 1. The van der Waals surface area contributed by atoms with Crippen molar-refractivity contribution in [3.63, 3.8) is 0 Å². The molecule has 19 heavy (non-hydrogen) atoms. The van der Waals surface area contributed by atoms with Gasteiger partial charge in [0, 0.05) is 24.7 Å². The Balaban J connectivity index is 2.15. The zero-order valence-electron chi connectivity index (χ0n) is 13.1. The minimum absolute atomic E-state index is 0.249. The molecule has 0 spiro atoms. The normalized spacial score (nSPS) is 24.8. The molecule has 1 saturated carbocycles. The van der Waals surface area contributed by atoms with E-state index in [0.29, 0.717) is 12.1 Å². The molecule has 1 amide bonds. The highest BCUT2D eigenvalue weighted by molar-refractivity contribution is 5.68. The molecular weight excluding hydrogens is 242 g/mol. The van der Waals surface area contributed by atoms with Crippen LogP contribution in [-0.4, -0.2) is 55.4 Å². The van der Waals surface area contributed by atoms with E-state index in [1.54, 1.807) is 0 Å². The molecule has 0 saturated heterocycles. The van der Waals surface area contributed by atoms with Gasteiger partial charge in [-0.2, -0.15) is 0 Å². The summed E-state index contributed by atoms with van der Waals surface area (Å²) in [5.74, 6) is 0. The summed E-state index contributed by atoms with van der Waals surface area (Å²) in [5, 5.41) is 6.47. The van der Waals surface area contributed by atoms with Crippen LogP contribution >= 0.6 is 0 Å². The number of nitrogens with zero attached hydrogens (tertiary/aromatic N) is 1. The van der Waals surface area contributed by atoms with Gasteiger partial charge in [0.15, 0.2) is 0 Å². The number of ether oxygens (including phenoxy) is 1. The summed E-state index contributed by atoms with van der Waals surface area (Å²) < 4.78 is 5.24. The predicted molar refractivity (Wildman–Crippen MR) is 77.3 cm³/mol. The third-order valence-electron chi connectivity index (χ3n) is 3.02. The molecule has 112 valence electrons. The Kier molecular flexibility index (Phi) is 5.62. The predicted octanol–water partition coefficient (Wildman–Crippen LogP) is 1.58. The third-order valence-corrected chi connectivity index (χ3v) is 3.02. The number of likely N-dealkylation sites (N-methyl/N-ethyl adjacent to an activating group) is 1. The van der Waals surface area contributed by atoms with E-state index in [0.717, 1.165) is 19.4 Å². The summed E-state index contributed by atoms with van der Waals surface area (Å²) >= 11 is 0. The zero-order chi connectivity index (χ0) is 14.6. The molecule has 1 aliphatic carbocycles. The number of hydrogen-bond donors (Lipinski definition) is 2. The third kappa shape index (κ3) is 6.78. The van der Waals surface area contributed by atoms with Gasteiger partial charge >= 0.3 is 6.09 Å². The quantitative estimate of drug-likeness (QED) is 0.797. The molecule has 2 N–H and O–H groups in total. The van der Waals surface area contributed by atoms with Crippen LogP contribution in [0.5, 0.6) is 0 Å². The van der Waals surface area contributed by atoms with Gasteiger partial charge in [-0.25, -0.2) is 4.79 Å². The first-order valence-electron chi connectivity index (χ1n) is 7.06. The van der Waals surface area contributed by atoms with E-state index < -0.39 is 5.60 Å². The van der Waals surface area contributed by atoms with Crippen LogP contribution in [0, 0.1) is 0 Å². The summed E-state index contributed by atoms with van der Waals surface area (Å²) in [7, 11) is 4.15. The molecule has 0 heterocycles. The minimum Gasteiger partial charge on any atom is -0.444 e. The maximum Gasteiger partial charge on any atom is 0.407 e. The summed E-state index contributed by atoms with van der Waals surface area (Å²) in [6, 6.07) is 1.23. The van der Waals surface area contributed by atoms with Crippen molar-refractivity contribution in [2.75, 3.05) is 20.6 Å². The van der Waals surface area contributed by atoms with Crippen molar-refractivity contribution in [3.8, 4) is 0 Å². The molecule has 0 radical (unpaired) electrons. The maximum absolute atomic E-state index is 11.6. The number of alkyl carbamates (subject to hydrolysis) is 1. The van der Waals surface area contributed by atoms with Crippen LogP contribution in [-0.2, 0) is 4.74 Å². The van der Waals surface area contributed by atoms with Crippen molar-refractivity contribution in [1.29, 1.82) is 0 Å². The van der Waals surface area contributed by atoms with E-state index in [1.165, 1.54) is 0 Å². The molecule has 1 atom stereocenters. The van der Waals surface area contributed by atoms with Crippen molar-refractivity contribution in [1.82, 2.24) is 15.5 Å². The van der Waals surface area contributed by atoms with E-state index in [9.17, 15) is 4.79 Å². The average Bonchev–Trinajstić information content (AvgIpc) is 2.09. The fraction of sp³-hybridized carbons (Fsp3) is 0.929. The van der Waals surface area contributed by atoms with Crippen molar-refractivity contribution in [2.24, 2.45) is 0 Å². The van der Waals surface area contributed by atoms with Gasteiger partial charge < -0.3 is 20.3 Å². The van der Waals surface area contributed by atoms with Crippen LogP contribution < -0.4 is 10.6 Å². The monoisotopic (exact) mass is 271 g/mol. The van der Waals surface area contributed by atoms with Crippen molar-refractivity contribution < 1.29 is 9.53 Å². The van der Waals surface area contributed by atoms with Gasteiger partial charge in [0.05, 0.1) is 0 Å². The first kappa shape index (κ1) is 16.2. The Morgan fingerprint density at radius 2 is 1.89 bits per heavy atom. The van der Waals surface area contributed by atoms with Crippen LogP contribution in [0.15, 0.2) is 0 Å². The largest absolute Gasteiger partial charge is 0.444 e. The maximum atomic E-state index is 11.6. The second kappa shape index (κ2) is 6.57. The second-order valence-electron chi connectivity index (χ2n) is 6.84. The second-order valence-corrected chi connectivity index (χ2v) is 6.84. The van der Waals surface area contributed by atoms with Gasteiger partial charge in [-0.1, -0.05) is 0 Å². The SMILES string of the molecule is CC(CN(C)C)NC1CC(NC(=O)OC(C)(C)C)C1. The Labute approximate surface area is 117 Å². The number of carbonyl (C=O) groups is 1. The van der Waals surface area contributed by atoms with Gasteiger partial charge in [-0.15, -0.1) is 0 Å². The van der Waals surface area contributed by atoms with Crippen molar-refractivity contribution >= 4 is 6.09 Å². The molecule has 0 aliphatic heterocycles. The van der Waals surface area contributed by atoms with E-state index in [4.69, 9.17) is 4.74 Å². The Bertz CT molecular complexity index is 294. The Hall–Kier alpha value is -0.810. The highest BCUT2D eigenvalue weighted by atomic mass is 16.6. The van der Waals surface area contributed by atoms with Crippen LogP contribution in [0.2, 0.25) is 0 Å². The summed E-state index contributed by atoms with van der Waals surface area (Å²) in [4.78, 5) is 13.7. The van der Waals surface area contributed by atoms with Crippen LogP contribution in [0.25, 0.3) is 0 Å². The minimum atomic E-state index is -0.425. The Morgan fingerprint density at radius 3 is 2.37 bits per heavy atom. The molecule has 1 rings (SSSR count). The van der Waals surface area contributed by atoms with Crippen molar-refractivity contribution in [3.05, 3.63) is 0 Å². The number of rotatable bonds is 5. The van der Waals surface area contributed by atoms with Gasteiger partial charge in [0.2, 0.25) is 0 Å². The molecule has 0 aromatic rings. The first-order chi connectivity index (χ1) is 8.65. The number of carbonyl (C=O) groups excluding carboxylic acids is 1. The lowest BCUT2D eigenvalue weighted by Gasteiger charge is -2.38. The summed E-state index contributed by atoms with van der Waals surface area (Å²) in [6.45, 7) is 8.84. The molecule has 0 aromatic carbocycles. The number of nitrogens with one attached hydrogen (secondary N) is 2. The van der Waals surface area contributed by atoms with Gasteiger partial charge in [0.1, 0.15) is 5.60 Å². The molecule has 1 unspecified atom stereocenters. The molecular formula is C14H29N3O2. The zero-order valence-corrected chi connectivity index (χ0v) is 13.1. The molecule has 1 fully saturated rings. The summed E-state index contributed by atoms with van der Waals surface area (Å²) in [5.41, 5.74) is -0.425. The van der Waals surface area contributed by atoms with E-state index in [2.05, 4.69) is 36.6 Å². The van der Waals surface area contributed by atoms with E-state index >= 15 is 0 Å². The van der Waals surface area contributed by atoms with Gasteiger partial charge in [-0.3, -0.25) is 0 Å². The average molecular weight is 271 g/mol. The fourth-order valence-corrected chi connectivity index (χ4v) is 2.35. The lowest BCUT2D eigenvalue weighted by molar-refractivity contribution is 0.0463. The van der Waals surface area contributed by atoms with Crippen LogP contribution in [0.1, 0.15) is 40.5 Å². The molecule has 5 heteroatoms. The standard InChI is InChI=1S/C14H29N3O2/c1-10(9-17(5)6)15-11-7-12(8-11)16-13(18)19-14(2,3)4/h10-12,15H,7-9H2,1-6H3,(H,16,18). The van der Waals surface area contributed by atoms with Gasteiger partial charge in [0.25, 0.3) is 0 Å². The lowest BCUT2D eigenvalue weighted by Crippen LogP contribution is -2.55. The molecule has 0 aromatic heterocycles.